The lowest BCUT2D eigenvalue weighted by Gasteiger charge is -2.60. The molecule has 9 nitrogen and oxygen atoms in total. The lowest BCUT2D eigenvalue weighted by molar-refractivity contribution is -0.577. The number of hydrogen-bond donors (Lipinski definition) is 0. The minimum Gasteiger partial charge on any atom is -0.469 e. The predicted molar refractivity (Wildman–Crippen MR) is 110 cm³/mol. The summed E-state index contributed by atoms with van der Waals surface area (Å²) in [6.45, 7) is 6.95. The fourth-order valence-corrected chi connectivity index (χ4v) is 5.89. The van der Waals surface area contributed by atoms with Crippen molar-refractivity contribution in [3.05, 3.63) is 0 Å². The van der Waals surface area contributed by atoms with Crippen LogP contribution in [0.15, 0.2) is 0 Å². The molecule has 0 unspecified atom stereocenters. The van der Waals surface area contributed by atoms with Crippen molar-refractivity contribution in [3.8, 4) is 0 Å². The van der Waals surface area contributed by atoms with Gasteiger partial charge in [-0.15, -0.1) is 0 Å². The molecule has 1 saturated carbocycles. The first-order chi connectivity index (χ1) is 15.3. The lowest BCUT2D eigenvalue weighted by Crippen LogP contribution is -2.70. The zero-order valence-electron chi connectivity index (χ0n) is 19.5. The number of methoxy groups -OCH3 is 1. The minimum atomic E-state index is -0.805. The molecular weight excluding hydrogens is 420 g/mol. The topological polar surface area (TPSA) is 98.8 Å². The second-order valence-electron chi connectivity index (χ2n) is 9.79. The summed E-state index contributed by atoms with van der Waals surface area (Å²) in [5, 5.41) is 0. The van der Waals surface area contributed by atoms with E-state index in [-0.39, 0.29) is 31.3 Å². The molecule has 8 atom stereocenters. The van der Waals surface area contributed by atoms with Crippen LogP contribution in [0, 0.1) is 23.7 Å². The van der Waals surface area contributed by atoms with Gasteiger partial charge < -0.3 is 23.7 Å². The quantitative estimate of drug-likeness (QED) is 0.310. The predicted octanol–water partition coefficient (Wildman–Crippen LogP) is 3.10. The zero-order chi connectivity index (χ0) is 22.9. The molecule has 9 heteroatoms. The van der Waals surface area contributed by atoms with Gasteiger partial charge in [-0.25, -0.2) is 9.78 Å². The summed E-state index contributed by atoms with van der Waals surface area (Å²) in [7, 11) is 1.29. The first-order valence-electron chi connectivity index (χ1n) is 11.8. The highest BCUT2D eigenvalue weighted by Gasteiger charge is 2.69. The maximum Gasteiger partial charge on any atom is 0.306 e. The molecule has 0 radical (unpaired) electrons. The van der Waals surface area contributed by atoms with E-state index in [4.69, 9.17) is 28.7 Å². The van der Waals surface area contributed by atoms with Crippen LogP contribution in [-0.2, 0) is 43.0 Å². The molecular formula is C23H36O9. The Morgan fingerprint density at radius 3 is 2.56 bits per heavy atom. The van der Waals surface area contributed by atoms with Gasteiger partial charge in [-0.2, -0.15) is 0 Å². The van der Waals surface area contributed by atoms with Crippen LogP contribution in [0.5, 0.6) is 0 Å². The van der Waals surface area contributed by atoms with E-state index in [1.165, 1.54) is 7.11 Å². The van der Waals surface area contributed by atoms with Crippen LogP contribution in [0.4, 0.5) is 0 Å². The Kier molecular flexibility index (Phi) is 7.12. The number of ether oxygens (including phenoxy) is 5. The van der Waals surface area contributed by atoms with Gasteiger partial charge in [-0.3, -0.25) is 9.59 Å². The van der Waals surface area contributed by atoms with Gasteiger partial charge in [0.1, 0.15) is 0 Å². The van der Waals surface area contributed by atoms with Crippen molar-refractivity contribution >= 4 is 11.9 Å². The molecule has 0 aromatic carbocycles. The molecule has 5 rings (SSSR count). The number of carbonyl (C=O) groups is 2. The Labute approximate surface area is 189 Å². The summed E-state index contributed by atoms with van der Waals surface area (Å²) in [6.07, 6.45) is 3.54. The molecule has 2 bridgehead atoms. The second kappa shape index (κ2) is 9.54. The third-order valence-electron chi connectivity index (χ3n) is 7.69. The van der Waals surface area contributed by atoms with Crippen molar-refractivity contribution in [3.63, 3.8) is 0 Å². The van der Waals surface area contributed by atoms with E-state index in [0.717, 1.165) is 25.7 Å². The van der Waals surface area contributed by atoms with Crippen LogP contribution >= 0.6 is 0 Å². The Bertz CT molecular complexity index is 699. The van der Waals surface area contributed by atoms with E-state index >= 15 is 0 Å². The van der Waals surface area contributed by atoms with Gasteiger partial charge in [-0.1, -0.05) is 13.8 Å². The molecule has 4 saturated heterocycles. The van der Waals surface area contributed by atoms with Gasteiger partial charge in [0.25, 0.3) is 0 Å². The van der Waals surface area contributed by atoms with Gasteiger partial charge in [0, 0.05) is 24.7 Å². The van der Waals surface area contributed by atoms with Crippen LogP contribution in [-0.4, -0.2) is 56.2 Å². The molecule has 0 aromatic rings. The fraction of sp³-hybridized carbons (Fsp3) is 0.913. The van der Waals surface area contributed by atoms with E-state index in [1.54, 1.807) is 0 Å². The second-order valence-corrected chi connectivity index (χ2v) is 9.79. The molecule has 5 fully saturated rings. The molecule has 1 spiro atoms. The maximum atomic E-state index is 11.7. The SMILES string of the molecule is COC(=O)CCC(=O)OCCCO[C@H]1O[C@@H]2O[C@]3(C)CC[C@H]4[C@H](C)CC[C@@H]([C@H]1C)[C@@]24OO3. The third-order valence-corrected chi connectivity index (χ3v) is 7.69. The number of fused-ring (bicyclic) bond motifs is 2. The van der Waals surface area contributed by atoms with Crippen LogP contribution in [0.25, 0.3) is 0 Å². The summed E-state index contributed by atoms with van der Waals surface area (Å²) in [5.74, 6) is -0.489. The first kappa shape index (κ1) is 23.9. The van der Waals surface area contributed by atoms with Crippen molar-refractivity contribution in [1.82, 2.24) is 0 Å². The summed E-state index contributed by atoms with van der Waals surface area (Å²) in [5.41, 5.74) is -0.595. The van der Waals surface area contributed by atoms with E-state index < -0.39 is 35.9 Å². The van der Waals surface area contributed by atoms with Gasteiger partial charge in [-0.05, 0) is 38.0 Å². The molecule has 0 amide bonds. The molecule has 182 valence electrons. The van der Waals surface area contributed by atoms with Crippen LogP contribution in [0.1, 0.15) is 65.7 Å². The largest absolute Gasteiger partial charge is 0.469 e. The highest BCUT2D eigenvalue weighted by Crippen LogP contribution is 2.60. The van der Waals surface area contributed by atoms with E-state index in [9.17, 15) is 9.59 Å². The summed E-state index contributed by atoms with van der Waals surface area (Å²) >= 11 is 0. The third kappa shape index (κ3) is 4.42. The maximum absolute atomic E-state index is 11.7. The number of rotatable bonds is 8. The highest BCUT2D eigenvalue weighted by atomic mass is 17.3. The van der Waals surface area contributed by atoms with Gasteiger partial charge in [0.2, 0.25) is 5.79 Å². The number of carbonyl (C=O) groups excluding carboxylic acids is 2. The van der Waals surface area contributed by atoms with Crippen molar-refractivity contribution in [2.24, 2.45) is 23.7 Å². The lowest BCUT2D eigenvalue weighted by atomic mass is 9.58. The Morgan fingerprint density at radius 1 is 1.00 bits per heavy atom. The summed E-state index contributed by atoms with van der Waals surface area (Å²) in [4.78, 5) is 34.7. The monoisotopic (exact) mass is 456 g/mol. The van der Waals surface area contributed by atoms with Gasteiger partial charge in [0.15, 0.2) is 18.2 Å². The molecule has 0 N–H and O–H groups in total. The Morgan fingerprint density at radius 2 is 1.78 bits per heavy atom. The summed E-state index contributed by atoms with van der Waals surface area (Å²) < 4.78 is 28.4. The molecule has 0 aromatic heterocycles. The molecule has 32 heavy (non-hydrogen) atoms. The Hall–Kier alpha value is -1.26. The van der Waals surface area contributed by atoms with Crippen molar-refractivity contribution in [2.45, 2.75) is 89.7 Å². The standard InChI is InChI=1S/C23H36O9/c1-14-6-7-17-15(2)20(28-13-5-12-27-19(25)9-8-18(24)26-4)29-21-23(17)16(14)10-11-22(3,30-21)31-32-23/h14-17,20-21H,5-13H2,1-4H3/t14-,15-,16+,17+,20+,21-,22+,23-/m1/s1. The molecule has 5 aliphatic rings. The summed E-state index contributed by atoms with van der Waals surface area (Å²) in [6, 6.07) is 0. The normalized spacial score (nSPS) is 42.6. The van der Waals surface area contributed by atoms with Crippen LogP contribution < -0.4 is 0 Å². The number of esters is 2. The highest BCUT2D eigenvalue weighted by molar-refractivity contribution is 5.77. The average Bonchev–Trinajstić information content (AvgIpc) is 3.01. The van der Waals surface area contributed by atoms with E-state index in [1.807, 2.05) is 6.92 Å². The molecule has 4 aliphatic heterocycles. The van der Waals surface area contributed by atoms with E-state index in [2.05, 4.69) is 18.6 Å². The van der Waals surface area contributed by atoms with Crippen molar-refractivity contribution < 1.29 is 43.0 Å². The molecule has 4 heterocycles. The van der Waals surface area contributed by atoms with Crippen molar-refractivity contribution in [1.29, 1.82) is 0 Å². The van der Waals surface area contributed by atoms with Crippen molar-refractivity contribution in [2.75, 3.05) is 20.3 Å². The van der Waals surface area contributed by atoms with Crippen LogP contribution in [0.2, 0.25) is 0 Å². The first-order valence-corrected chi connectivity index (χ1v) is 11.8. The smallest absolute Gasteiger partial charge is 0.306 e. The van der Waals surface area contributed by atoms with Gasteiger partial charge in [0.05, 0.1) is 33.2 Å². The van der Waals surface area contributed by atoms with Crippen LogP contribution in [0.3, 0.4) is 0 Å². The molecule has 1 aliphatic carbocycles. The minimum absolute atomic E-state index is 0.0134. The van der Waals surface area contributed by atoms with Gasteiger partial charge >= 0.3 is 11.9 Å². The Balaban J connectivity index is 1.31. The van der Waals surface area contributed by atoms with E-state index in [0.29, 0.717) is 24.9 Å². The zero-order valence-corrected chi connectivity index (χ0v) is 19.5. The number of hydrogen-bond acceptors (Lipinski definition) is 9. The average molecular weight is 457 g/mol. The fourth-order valence-electron chi connectivity index (χ4n) is 5.89.